The van der Waals surface area contributed by atoms with E-state index < -0.39 is 21.1 Å². The van der Waals surface area contributed by atoms with Gasteiger partial charge in [-0.05, 0) is 25.8 Å². The van der Waals surface area contributed by atoms with Crippen LogP contribution in [0.3, 0.4) is 0 Å². The summed E-state index contributed by atoms with van der Waals surface area (Å²) in [6.07, 6.45) is 7.89. The lowest BCUT2D eigenvalue weighted by molar-refractivity contribution is -0.135. The molecule has 1 fully saturated rings. The Labute approximate surface area is 126 Å². The lowest BCUT2D eigenvalue weighted by atomic mass is 9.93. The molecule has 1 aromatic heterocycles. The summed E-state index contributed by atoms with van der Waals surface area (Å²) < 4.78 is 25.5. The van der Waals surface area contributed by atoms with Gasteiger partial charge in [0.15, 0.2) is 9.84 Å². The second kappa shape index (κ2) is 6.17. The van der Waals surface area contributed by atoms with E-state index in [-0.39, 0.29) is 11.9 Å². The number of hydrogen-bond donors (Lipinski definition) is 0. The Morgan fingerprint density at radius 3 is 2.62 bits per heavy atom. The van der Waals surface area contributed by atoms with Crippen LogP contribution in [0, 0.1) is 0 Å². The predicted molar refractivity (Wildman–Crippen MR) is 80.6 cm³/mol. The van der Waals surface area contributed by atoms with E-state index in [9.17, 15) is 13.2 Å². The average Bonchev–Trinajstić information content (AvgIpc) is 2.98. The lowest BCUT2D eigenvalue weighted by Gasteiger charge is -2.38. The zero-order valence-corrected chi connectivity index (χ0v) is 13.6. The largest absolute Gasteiger partial charge is 0.340 e. The van der Waals surface area contributed by atoms with Crippen molar-refractivity contribution in [3.63, 3.8) is 0 Å². The highest BCUT2D eigenvalue weighted by Gasteiger charge is 2.38. The van der Waals surface area contributed by atoms with Crippen molar-refractivity contribution in [1.82, 2.24) is 14.7 Å². The molecule has 1 aliphatic carbocycles. The van der Waals surface area contributed by atoms with Gasteiger partial charge in [-0.25, -0.2) is 8.42 Å². The summed E-state index contributed by atoms with van der Waals surface area (Å²) in [6.45, 7) is 1.78. The van der Waals surface area contributed by atoms with Gasteiger partial charge in [0.2, 0.25) is 5.91 Å². The molecule has 1 aromatic rings. The number of nitrogens with zero attached hydrogens (tertiary/aromatic N) is 3. The quantitative estimate of drug-likeness (QED) is 0.839. The molecule has 7 heteroatoms. The van der Waals surface area contributed by atoms with E-state index in [0.717, 1.165) is 19.3 Å². The molecular formula is C14H23N3O3S. The molecule has 0 unspecified atom stereocenters. The first-order chi connectivity index (χ1) is 9.82. The first-order valence-corrected chi connectivity index (χ1v) is 9.22. The molecule has 1 amide bonds. The predicted octanol–water partition coefficient (Wildman–Crippen LogP) is 1.26. The molecule has 0 radical (unpaired) electrons. The zero-order chi connectivity index (χ0) is 15.6. The Morgan fingerprint density at radius 1 is 1.38 bits per heavy atom. The van der Waals surface area contributed by atoms with Crippen molar-refractivity contribution in [2.24, 2.45) is 0 Å². The fourth-order valence-corrected chi connectivity index (χ4v) is 4.58. The number of amides is 1. The number of carbonyl (C=O) groups excluding carboxylic acids is 1. The van der Waals surface area contributed by atoms with Gasteiger partial charge in [-0.2, -0.15) is 5.10 Å². The number of aromatic nitrogens is 2. The Morgan fingerprint density at radius 2 is 2.05 bits per heavy atom. The van der Waals surface area contributed by atoms with Crippen molar-refractivity contribution in [3.05, 3.63) is 18.5 Å². The van der Waals surface area contributed by atoms with Crippen LogP contribution in [0.1, 0.15) is 38.6 Å². The molecule has 0 saturated heterocycles. The number of likely N-dealkylation sites (N-methyl/N-ethyl adjacent to an activating group) is 1. The van der Waals surface area contributed by atoms with Crippen LogP contribution in [-0.2, 0) is 14.6 Å². The third-order valence-electron chi connectivity index (χ3n) is 4.34. The Balaban J connectivity index is 2.17. The van der Waals surface area contributed by atoms with E-state index in [4.69, 9.17) is 0 Å². The van der Waals surface area contributed by atoms with Crippen molar-refractivity contribution >= 4 is 15.7 Å². The van der Waals surface area contributed by atoms with E-state index in [2.05, 4.69) is 5.10 Å². The minimum Gasteiger partial charge on any atom is -0.340 e. The Bertz CT molecular complexity index is 583. The van der Waals surface area contributed by atoms with Gasteiger partial charge >= 0.3 is 0 Å². The third kappa shape index (κ3) is 3.45. The summed E-state index contributed by atoms with van der Waals surface area (Å²) in [5.74, 6) is -0.0979. The third-order valence-corrected chi connectivity index (χ3v) is 5.99. The van der Waals surface area contributed by atoms with E-state index in [0.29, 0.717) is 6.42 Å². The van der Waals surface area contributed by atoms with Crippen LogP contribution in [0.25, 0.3) is 0 Å². The second-order valence-electron chi connectivity index (χ2n) is 5.83. The minimum atomic E-state index is -3.15. The highest BCUT2D eigenvalue weighted by Crippen LogP contribution is 2.28. The summed E-state index contributed by atoms with van der Waals surface area (Å²) in [6, 6.07) is 1.11. The molecule has 6 nitrogen and oxygen atoms in total. The molecule has 1 aliphatic rings. The van der Waals surface area contributed by atoms with Gasteiger partial charge in [0.25, 0.3) is 0 Å². The van der Waals surface area contributed by atoms with Gasteiger partial charge in [0, 0.05) is 31.7 Å². The maximum atomic E-state index is 12.6. The molecule has 0 aliphatic heterocycles. The van der Waals surface area contributed by atoms with Crippen LogP contribution in [0.5, 0.6) is 0 Å². The number of sulfone groups is 1. The molecule has 1 saturated carbocycles. The van der Waals surface area contributed by atoms with Gasteiger partial charge < -0.3 is 4.90 Å². The minimum absolute atomic E-state index is 0.0979. The van der Waals surface area contributed by atoms with E-state index in [1.807, 2.05) is 0 Å². The van der Waals surface area contributed by atoms with Crippen molar-refractivity contribution in [2.45, 2.75) is 49.9 Å². The van der Waals surface area contributed by atoms with Crippen LogP contribution in [0.15, 0.2) is 18.5 Å². The average molecular weight is 313 g/mol. The first-order valence-electron chi connectivity index (χ1n) is 7.27. The fraction of sp³-hybridized carbons (Fsp3) is 0.714. The summed E-state index contributed by atoms with van der Waals surface area (Å²) in [4.78, 5) is 14.2. The normalized spacial score (nSPS) is 24.5. The van der Waals surface area contributed by atoms with Gasteiger partial charge in [-0.1, -0.05) is 12.8 Å². The molecular weight excluding hydrogens is 290 g/mol. The second-order valence-corrected chi connectivity index (χ2v) is 8.10. The molecule has 0 aromatic carbocycles. The van der Waals surface area contributed by atoms with Crippen molar-refractivity contribution < 1.29 is 13.2 Å². The number of hydrogen-bond acceptors (Lipinski definition) is 4. The zero-order valence-electron chi connectivity index (χ0n) is 12.8. The summed E-state index contributed by atoms with van der Waals surface area (Å²) in [7, 11) is -1.44. The molecule has 118 valence electrons. The molecule has 0 N–H and O–H groups in total. The summed E-state index contributed by atoms with van der Waals surface area (Å²) >= 11 is 0. The van der Waals surface area contributed by atoms with E-state index in [1.54, 1.807) is 42.0 Å². The summed E-state index contributed by atoms with van der Waals surface area (Å²) in [5, 5.41) is 3.63. The SMILES string of the molecule is C[C@H](C(=O)N(C)[C@H]1CCCC[C@H]1S(C)(=O)=O)n1cccn1. The van der Waals surface area contributed by atoms with Crippen LogP contribution in [-0.4, -0.2) is 53.6 Å². The molecule has 0 spiro atoms. The topological polar surface area (TPSA) is 72.3 Å². The molecule has 1 heterocycles. The van der Waals surface area contributed by atoms with Gasteiger partial charge in [0.1, 0.15) is 6.04 Å². The van der Waals surface area contributed by atoms with E-state index >= 15 is 0 Å². The lowest BCUT2D eigenvalue weighted by Crippen LogP contribution is -2.50. The summed E-state index contributed by atoms with van der Waals surface area (Å²) in [5.41, 5.74) is 0. The molecule has 0 bridgehead atoms. The Kier molecular flexibility index (Phi) is 4.70. The highest BCUT2D eigenvalue weighted by atomic mass is 32.2. The molecule has 3 atom stereocenters. The molecule has 21 heavy (non-hydrogen) atoms. The highest BCUT2D eigenvalue weighted by molar-refractivity contribution is 7.91. The van der Waals surface area contributed by atoms with Gasteiger partial charge in [-0.3, -0.25) is 9.48 Å². The van der Waals surface area contributed by atoms with Crippen LogP contribution >= 0.6 is 0 Å². The number of carbonyl (C=O) groups is 1. The van der Waals surface area contributed by atoms with Crippen molar-refractivity contribution in [1.29, 1.82) is 0 Å². The van der Waals surface area contributed by atoms with E-state index in [1.165, 1.54) is 6.26 Å². The maximum absolute atomic E-state index is 12.6. The van der Waals surface area contributed by atoms with Crippen molar-refractivity contribution in [2.75, 3.05) is 13.3 Å². The van der Waals surface area contributed by atoms with Crippen LogP contribution in [0.4, 0.5) is 0 Å². The smallest absolute Gasteiger partial charge is 0.247 e. The first kappa shape index (κ1) is 16.0. The fourth-order valence-electron chi connectivity index (χ4n) is 3.10. The van der Waals surface area contributed by atoms with Crippen molar-refractivity contribution in [3.8, 4) is 0 Å². The maximum Gasteiger partial charge on any atom is 0.247 e. The van der Waals surface area contributed by atoms with Gasteiger partial charge in [0.05, 0.1) is 5.25 Å². The number of rotatable bonds is 4. The molecule has 2 rings (SSSR count). The standard InChI is InChI=1S/C14H23N3O3S/c1-11(17-10-6-9-15-17)14(18)16(2)12-7-4-5-8-13(12)21(3,19)20/h6,9-13H,4-5,7-8H2,1-3H3/t11-,12+,13-/m1/s1. The van der Waals surface area contributed by atoms with Crippen LogP contribution in [0.2, 0.25) is 0 Å². The van der Waals surface area contributed by atoms with Gasteiger partial charge in [-0.15, -0.1) is 0 Å². The van der Waals surface area contributed by atoms with Crippen LogP contribution < -0.4 is 0 Å². The Hall–Kier alpha value is -1.37. The monoisotopic (exact) mass is 313 g/mol.